The highest BCUT2D eigenvalue weighted by atomic mass is 31.2. The Hall–Kier alpha value is -0.500. The second-order valence-corrected chi connectivity index (χ2v) is 17.8. The van der Waals surface area contributed by atoms with E-state index in [0.29, 0.717) is 17.4 Å². The molecule has 0 heterocycles. The topological polar surface area (TPSA) is 108 Å². The fraction of sp³-hybridized carbons (Fsp3) is 0.976. The summed E-state index contributed by atoms with van der Waals surface area (Å²) in [5.74, 6) is -0.250. The van der Waals surface area contributed by atoms with E-state index in [1.54, 1.807) is 6.92 Å². The standard InChI is InChI=1S/C42H87N2O6P/c1-6-8-9-10-11-12-13-14-15-16-17-18-19-20-21-22-23-24-25-26-27-28-29-30-31-32-33-34-35-36-41(45)40(43-42(46)7-2)39-50-51(47,48)49-38-37-44(3,4)5/h40-41,45H,6-39H2,1-5H3,(H-,43,46,47,48). The van der Waals surface area contributed by atoms with Crippen LogP contribution in [0.1, 0.15) is 213 Å². The van der Waals surface area contributed by atoms with Gasteiger partial charge < -0.3 is 28.8 Å². The highest BCUT2D eigenvalue weighted by Crippen LogP contribution is 2.38. The van der Waals surface area contributed by atoms with Crippen molar-refractivity contribution in [2.45, 2.75) is 225 Å². The van der Waals surface area contributed by atoms with Gasteiger partial charge in [0.1, 0.15) is 13.2 Å². The molecule has 9 heteroatoms. The molecule has 306 valence electrons. The number of aliphatic hydroxyl groups is 1. The highest BCUT2D eigenvalue weighted by molar-refractivity contribution is 7.45. The van der Waals surface area contributed by atoms with E-state index in [0.717, 1.165) is 19.3 Å². The lowest BCUT2D eigenvalue weighted by Crippen LogP contribution is -2.46. The number of carbonyl (C=O) groups is 1. The highest BCUT2D eigenvalue weighted by Gasteiger charge is 2.24. The molecule has 0 aliphatic rings. The van der Waals surface area contributed by atoms with E-state index in [1.807, 2.05) is 21.1 Å². The van der Waals surface area contributed by atoms with Crippen LogP contribution in [-0.4, -0.2) is 68.5 Å². The maximum Gasteiger partial charge on any atom is 0.268 e. The summed E-state index contributed by atoms with van der Waals surface area (Å²) in [4.78, 5) is 24.2. The molecule has 0 aliphatic heterocycles. The van der Waals surface area contributed by atoms with Crippen molar-refractivity contribution in [2.24, 2.45) is 0 Å². The molecule has 0 radical (unpaired) electrons. The number of amides is 1. The van der Waals surface area contributed by atoms with Gasteiger partial charge in [-0.3, -0.25) is 9.36 Å². The smallest absolute Gasteiger partial charge is 0.268 e. The van der Waals surface area contributed by atoms with Crippen molar-refractivity contribution in [1.29, 1.82) is 0 Å². The number of hydrogen-bond donors (Lipinski definition) is 2. The Bertz CT molecular complexity index is 809. The van der Waals surface area contributed by atoms with Gasteiger partial charge in [-0.05, 0) is 6.42 Å². The van der Waals surface area contributed by atoms with Crippen LogP contribution in [0.2, 0.25) is 0 Å². The lowest BCUT2D eigenvalue weighted by Gasteiger charge is -2.30. The molecule has 0 aromatic carbocycles. The van der Waals surface area contributed by atoms with Crippen LogP contribution in [0.25, 0.3) is 0 Å². The van der Waals surface area contributed by atoms with Gasteiger partial charge in [-0.15, -0.1) is 0 Å². The van der Waals surface area contributed by atoms with E-state index in [4.69, 9.17) is 9.05 Å². The first-order chi connectivity index (χ1) is 24.5. The predicted molar refractivity (Wildman–Crippen MR) is 215 cm³/mol. The third kappa shape index (κ3) is 37.6. The molecule has 0 bridgehead atoms. The molecule has 0 fully saturated rings. The minimum Gasteiger partial charge on any atom is -0.756 e. The van der Waals surface area contributed by atoms with E-state index in [-0.39, 0.29) is 25.5 Å². The first-order valence-electron chi connectivity index (χ1n) is 21.9. The molecule has 0 aromatic heterocycles. The number of nitrogens with zero attached hydrogens (tertiary/aromatic N) is 1. The summed E-state index contributed by atoms with van der Waals surface area (Å²) < 4.78 is 22.7. The summed E-state index contributed by atoms with van der Waals surface area (Å²) in [6.07, 6.45) is 39.4. The summed E-state index contributed by atoms with van der Waals surface area (Å²) >= 11 is 0. The number of nitrogens with one attached hydrogen (secondary N) is 1. The molecule has 51 heavy (non-hydrogen) atoms. The molecule has 0 aliphatic carbocycles. The third-order valence-corrected chi connectivity index (χ3v) is 11.1. The number of hydrogen-bond acceptors (Lipinski definition) is 6. The van der Waals surface area contributed by atoms with Crippen LogP contribution in [-0.2, 0) is 18.4 Å². The Morgan fingerprint density at radius 1 is 0.608 bits per heavy atom. The molecule has 0 saturated heterocycles. The number of unbranched alkanes of at least 4 members (excludes halogenated alkanes) is 28. The lowest BCUT2D eigenvalue weighted by atomic mass is 10.0. The molecule has 8 nitrogen and oxygen atoms in total. The zero-order chi connectivity index (χ0) is 37.9. The van der Waals surface area contributed by atoms with Crippen LogP contribution in [0.4, 0.5) is 0 Å². The number of quaternary nitrogens is 1. The van der Waals surface area contributed by atoms with Crippen molar-refractivity contribution in [3.05, 3.63) is 0 Å². The van der Waals surface area contributed by atoms with Crippen LogP contribution in [0, 0.1) is 0 Å². The number of likely N-dealkylation sites (N-methyl/N-ethyl adjacent to an activating group) is 1. The summed E-state index contributed by atoms with van der Waals surface area (Å²) in [5.41, 5.74) is 0. The summed E-state index contributed by atoms with van der Waals surface area (Å²) in [7, 11) is 1.30. The molecule has 0 aromatic rings. The van der Waals surface area contributed by atoms with Crippen molar-refractivity contribution < 1.29 is 32.9 Å². The largest absolute Gasteiger partial charge is 0.756 e. The van der Waals surface area contributed by atoms with Gasteiger partial charge in [-0.1, -0.05) is 200 Å². The fourth-order valence-corrected chi connectivity index (χ4v) is 7.32. The normalized spacial score (nSPS) is 14.4. The molecular weight excluding hydrogens is 659 g/mol. The Morgan fingerprint density at radius 2 is 0.941 bits per heavy atom. The molecule has 0 rings (SSSR count). The number of aliphatic hydroxyl groups excluding tert-OH is 1. The van der Waals surface area contributed by atoms with E-state index in [9.17, 15) is 19.4 Å². The maximum absolute atomic E-state index is 12.2. The molecule has 1 amide bonds. The van der Waals surface area contributed by atoms with Crippen molar-refractivity contribution in [2.75, 3.05) is 40.9 Å². The van der Waals surface area contributed by atoms with E-state index in [1.165, 1.54) is 167 Å². The molecule has 3 unspecified atom stereocenters. The Balaban J connectivity index is 3.61. The van der Waals surface area contributed by atoms with Crippen molar-refractivity contribution >= 4 is 13.7 Å². The van der Waals surface area contributed by atoms with Gasteiger partial charge in [0.15, 0.2) is 0 Å². The first kappa shape index (κ1) is 50.5. The molecule has 0 spiro atoms. The zero-order valence-corrected chi connectivity index (χ0v) is 35.5. The molecule has 2 N–H and O–H groups in total. The second-order valence-electron chi connectivity index (χ2n) is 16.4. The molecular formula is C42H87N2O6P. The summed E-state index contributed by atoms with van der Waals surface area (Å²) in [6, 6.07) is -0.791. The van der Waals surface area contributed by atoms with Gasteiger partial charge >= 0.3 is 0 Å². The second kappa shape index (κ2) is 35.2. The van der Waals surface area contributed by atoms with Crippen LogP contribution >= 0.6 is 7.82 Å². The average Bonchev–Trinajstić information content (AvgIpc) is 3.08. The van der Waals surface area contributed by atoms with Crippen LogP contribution < -0.4 is 10.2 Å². The Morgan fingerprint density at radius 3 is 1.25 bits per heavy atom. The van der Waals surface area contributed by atoms with Gasteiger partial charge in [0, 0.05) is 6.42 Å². The molecule has 3 atom stereocenters. The molecule has 0 saturated carbocycles. The average molecular weight is 747 g/mol. The number of rotatable bonds is 40. The van der Waals surface area contributed by atoms with Crippen molar-refractivity contribution in [1.82, 2.24) is 5.32 Å². The van der Waals surface area contributed by atoms with E-state index < -0.39 is 20.0 Å². The third-order valence-electron chi connectivity index (χ3n) is 10.2. The van der Waals surface area contributed by atoms with Crippen LogP contribution in [0.15, 0.2) is 0 Å². The Kier molecular flexibility index (Phi) is 34.9. The predicted octanol–water partition coefficient (Wildman–Crippen LogP) is 11.2. The van der Waals surface area contributed by atoms with Crippen LogP contribution in [0.3, 0.4) is 0 Å². The zero-order valence-electron chi connectivity index (χ0n) is 34.6. The van der Waals surface area contributed by atoms with Gasteiger partial charge in [0.05, 0.1) is 39.9 Å². The van der Waals surface area contributed by atoms with Crippen molar-refractivity contribution in [3.63, 3.8) is 0 Å². The van der Waals surface area contributed by atoms with Gasteiger partial charge in [-0.2, -0.15) is 0 Å². The minimum absolute atomic E-state index is 0.0124. The van der Waals surface area contributed by atoms with Gasteiger partial charge in [-0.25, -0.2) is 0 Å². The Labute approximate surface area is 317 Å². The van der Waals surface area contributed by atoms with Crippen molar-refractivity contribution in [3.8, 4) is 0 Å². The number of carbonyl (C=O) groups excluding carboxylic acids is 1. The monoisotopic (exact) mass is 747 g/mol. The van der Waals surface area contributed by atoms with Gasteiger partial charge in [0.25, 0.3) is 7.82 Å². The summed E-state index contributed by atoms with van der Waals surface area (Å²) in [6.45, 7) is 4.20. The fourth-order valence-electron chi connectivity index (χ4n) is 6.59. The van der Waals surface area contributed by atoms with Crippen LogP contribution in [0.5, 0.6) is 0 Å². The first-order valence-corrected chi connectivity index (χ1v) is 23.3. The van der Waals surface area contributed by atoms with E-state index in [2.05, 4.69) is 12.2 Å². The summed E-state index contributed by atoms with van der Waals surface area (Å²) in [5, 5.41) is 13.4. The van der Waals surface area contributed by atoms with Gasteiger partial charge in [0.2, 0.25) is 5.91 Å². The quantitative estimate of drug-likeness (QED) is 0.0367. The maximum atomic E-state index is 12.2. The number of phosphoric ester groups is 1. The lowest BCUT2D eigenvalue weighted by molar-refractivity contribution is -0.870. The SMILES string of the molecule is CCCCCCCCCCCCCCCCCCCCCCCCCCCCCCCC(O)C(COP(=O)([O-])OCC[N+](C)(C)C)NC(=O)CC. The minimum atomic E-state index is -4.52. The number of phosphoric acid groups is 1. The van der Waals surface area contributed by atoms with E-state index >= 15 is 0 Å².